The van der Waals surface area contributed by atoms with Gasteiger partial charge in [0, 0.05) is 18.0 Å². The number of alkyl halides is 6. The van der Waals surface area contributed by atoms with E-state index in [2.05, 4.69) is 10.4 Å². The van der Waals surface area contributed by atoms with Gasteiger partial charge in [0.25, 0.3) is 0 Å². The zero-order chi connectivity index (χ0) is 24.8. The molecule has 7 nitrogen and oxygen atoms in total. The van der Waals surface area contributed by atoms with Crippen LogP contribution in [0, 0.1) is 0 Å². The number of hydrogen-bond acceptors (Lipinski definition) is 4. The number of aldehydes is 1. The Kier molecular flexibility index (Phi) is 5.34. The first-order valence-corrected chi connectivity index (χ1v) is 9.36. The second kappa shape index (κ2) is 7.93. The van der Waals surface area contributed by atoms with E-state index < -0.39 is 40.3 Å². The SMILES string of the molecule is O=Cc1ccn(-c2cc3c(cc2C(F)(F)F)[nH]c(=O)c(=O)n3Nc2ccc(C(F)(F)F)cc2)c1. The predicted octanol–water partition coefficient (Wildman–Crippen LogP) is 4.21. The van der Waals surface area contributed by atoms with E-state index in [0.29, 0.717) is 17.0 Å². The molecule has 0 atom stereocenters. The van der Waals surface area contributed by atoms with Crippen molar-refractivity contribution in [1.82, 2.24) is 14.2 Å². The Bertz CT molecular complexity index is 1510. The summed E-state index contributed by atoms with van der Waals surface area (Å²) in [6.45, 7) is 0. The highest BCUT2D eigenvalue weighted by atomic mass is 19.4. The van der Waals surface area contributed by atoms with Gasteiger partial charge < -0.3 is 9.55 Å². The van der Waals surface area contributed by atoms with Crippen molar-refractivity contribution in [3.05, 3.63) is 92.3 Å². The van der Waals surface area contributed by atoms with Crippen molar-refractivity contribution in [3.8, 4) is 5.69 Å². The lowest BCUT2D eigenvalue weighted by molar-refractivity contribution is -0.138. The third-order valence-corrected chi connectivity index (χ3v) is 4.89. The summed E-state index contributed by atoms with van der Waals surface area (Å²) in [5.41, 5.74) is -3.09. The van der Waals surface area contributed by atoms with E-state index >= 15 is 0 Å². The van der Waals surface area contributed by atoms with Crippen molar-refractivity contribution in [1.29, 1.82) is 0 Å². The minimum atomic E-state index is -4.87. The molecule has 2 N–H and O–H groups in total. The second-order valence-electron chi connectivity index (χ2n) is 7.14. The van der Waals surface area contributed by atoms with Crippen LogP contribution in [0.5, 0.6) is 0 Å². The number of nitrogens with one attached hydrogen (secondary N) is 2. The predicted molar refractivity (Wildman–Crippen MR) is 109 cm³/mol. The van der Waals surface area contributed by atoms with Gasteiger partial charge in [-0.05, 0) is 42.5 Å². The molecule has 2 aromatic heterocycles. The van der Waals surface area contributed by atoms with E-state index in [-0.39, 0.29) is 22.3 Å². The molecule has 0 aliphatic carbocycles. The van der Waals surface area contributed by atoms with Crippen molar-refractivity contribution < 1.29 is 31.1 Å². The molecule has 13 heteroatoms. The first kappa shape index (κ1) is 22.9. The van der Waals surface area contributed by atoms with E-state index in [9.17, 15) is 40.7 Å². The van der Waals surface area contributed by atoms with Gasteiger partial charge in [-0.3, -0.25) is 19.8 Å². The molecule has 0 saturated heterocycles. The van der Waals surface area contributed by atoms with Crippen molar-refractivity contribution in [3.63, 3.8) is 0 Å². The largest absolute Gasteiger partial charge is 0.418 e. The fourth-order valence-electron chi connectivity index (χ4n) is 3.30. The highest BCUT2D eigenvalue weighted by Gasteiger charge is 2.35. The molecule has 2 aromatic carbocycles. The number of H-pyrrole nitrogens is 1. The van der Waals surface area contributed by atoms with Crippen LogP contribution in [0.2, 0.25) is 0 Å². The number of anilines is 1. The summed E-state index contributed by atoms with van der Waals surface area (Å²) >= 11 is 0. The van der Waals surface area contributed by atoms with Crippen LogP contribution in [0.1, 0.15) is 21.5 Å². The molecule has 0 aliphatic heterocycles. The average Bonchev–Trinajstić information content (AvgIpc) is 3.24. The molecule has 0 spiro atoms. The number of halogens is 6. The van der Waals surface area contributed by atoms with E-state index in [4.69, 9.17) is 0 Å². The Morgan fingerprint density at radius 3 is 2.15 bits per heavy atom. The standard InChI is InChI=1S/C21H12F6N4O3/c22-20(23,24)12-1-3-13(4-2-12)29-31-17-8-16(30-6-5-11(9-30)10-32)14(21(25,26)27)7-15(17)28-18(33)19(31)34/h1-10,29H,(H,28,33). The quantitative estimate of drug-likeness (QED) is 0.259. The van der Waals surface area contributed by atoms with Gasteiger partial charge in [-0.15, -0.1) is 0 Å². The van der Waals surface area contributed by atoms with Gasteiger partial charge in [-0.2, -0.15) is 26.3 Å². The number of carbonyl (C=O) groups excluding carboxylic acids is 1. The Morgan fingerprint density at radius 2 is 1.59 bits per heavy atom. The summed E-state index contributed by atoms with van der Waals surface area (Å²) in [4.78, 5) is 37.6. The summed E-state index contributed by atoms with van der Waals surface area (Å²) in [5.74, 6) is 0. The van der Waals surface area contributed by atoms with Crippen molar-refractivity contribution in [2.45, 2.75) is 12.4 Å². The maximum absolute atomic E-state index is 13.8. The maximum Gasteiger partial charge on any atom is 0.418 e. The zero-order valence-electron chi connectivity index (χ0n) is 16.7. The molecule has 4 aromatic rings. The summed E-state index contributed by atoms with van der Waals surface area (Å²) < 4.78 is 81.3. The fourth-order valence-corrected chi connectivity index (χ4v) is 3.30. The topological polar surface area (TPSA) is 88.9 Å². The number of benzene rings is 2. The fraction of sp³-hybridized carbons (Fsp3) is 0.0952. The molecule has 0 bridgehead atoms. The van der Waals surface area contributed by atoms with Gasteiger partial charge >= 0.3 is 23.5 Å². The number of hydrogen-bond donors (Lipinski definition) is 2. The van der Waals surface area contributed by atoms with Crippen LogP contribution in [-0.4, -0.2) is 20.5 Å². The highest BCUT2D eigenvalue weighted by Crippen LogP contribution is 2.36. The normalized spacial score (nSPS) is 12.2. The zero-order valence-corrected chi connectivity index (χ0v) is 16.7. The van der Waals surface area contributed by atoms with Crippen molar-refractivity contribution in [2.24, 2.45) is 0 Å². The number of aromatic amines is 1. The van der Waals surface area contributed by atoms with Crippen LogP contribution in [0.25, 0.3) is 16.7 Å². The average molecular weight is 482 g/mol. The highest BCUT2D eigenvalue weighted by molar-refractivity contribution is 5.80. The Hall–Kier alpha value is -4.29. The minimum absolute atomic E-state index is 0.0346. The van der Waals surface area contributed by atoms with Crippen LogP contribution in [-0.2, 0) is 12.4 Å². The van der Waals surface area contributed by atoms with Crippen molar-refractivity contribution in [2.75, 3.05) is 5.43 Å². The van der Waals surface area contributed by atoms with Crippen LogP contribution in [0.15, 0.2) is 64.4 Å². The minimum Gasteiger partial charge on any atom is -0.322 e. The number of aromatic nitrogens is 3. The third kappa shape index (κ3) is 4.19. The molecule has 176 valence electrons. The number of rotatable bonds is 4. The maximum atomic E-state index is 13.8. The lowest BCUT2D eigenvalue weighted by atomic mass is 10.1. The molecular weight excluding hydrogens is 470 g/mol. The molecule has 34 heavy (non-hydrogen) atoms. The van der Waals surface area contributed by atoms with Crippen LogP contribution >= 0.6 is 0 Å². The Morgan fingerprint density at radius 1 is 0.912 bits per heavy atom. The first-order valence-electron chi connectivity index (χ1n) is 9.36. The number of fused-ring (bicyclic) bond motifs is 1. The summed E-state index contributed by atoms with van der Waals surface area (Å²) in [6, 6.07) is 6.31. The molecule has 0 amide bonds. The molecule has 2 heterocycles. The summed E-state index contributed by atoms with van der Waals surface area (Å²) in [7, 11) is 0. The second-order valence-corrected chi connectivity index (χ2v) is 7.14. The Balaban J connectivity index is 1.94. The molecule has 4 rings (SSSR count). The van der Waals surface area contributed by atoms with Gasteiger partial charge in [0.15, 0.2) is 6.29 Å². The molecule has 0 saturated carbocycles. The number of carbonyl (C=O) groups is 1. The van der Waals surface area contributed by atoms with Crippen LogP contribution < -0.4 is 16.5 Å². The molecule has 0 aliphatic rings. The van der Waals surface area contributed by atoms with Crippen molar-refractivity contribution >= 4 is 23.0 Å². The van der Waals surface area contributed by atoms with Gasteiger partial charge in [-0.1, -0.05) is 0 Å². The van der Waals surface area contributed by atoms with Gasteiger partial charge in [0.2, 0.25) is 0 Å². The summed E-state index contributed by atoms with van der Waals surface area (Å²) in [5, 5.41) is 0. The monoisotopic (exact) mass is 482 g/mol. The van der Waals surface area contributed by atoms with Crippen LogP contribution in [0.3, 0.4) is 0 Å². The molecule has 0 fully saturated rings. The lowest BCUT2D eigenvalue weighted by Crippen LogP contribution is -2.39. The smallest absolute Gasteiger partial charge is 0.322 e. The lowest BCUT2D eigenvalue weighted by Gasteiger charge is -2.18. The third-order valence-electron chi connectivity index (χ3n) is 4.89. The van der Waals surface area contributed by atoms with E-state index in [0.717, 1.165) is 41.1 Å². The van der Waals surface area contributed by atoms with E-state index in [1.54, 1.807) is 0 Å². The summed E-state index contributed by atoms with van der Waals surface area (Å²) in [6.07, 6.45) is -6.69. The first-order chi connectivity index (χ1) is 15.9. The van der Waals surface area contributed by atoms with E-state index in [1.807, 2.05) is 0 Å². The van der Waals surface area contributed by atoms with Crippen LogP contribution in [0.4, 0.5) is 32.0 Å². The van der Waals surface area contributed by atoms with Gasteiger partial charge in [0.1, 0.15) is 0 Å². The molecular formula is C21H12F6N4O3. The molecule has 0 radical (unpaired) electrons. The number of nitrogens with zero attached hydrogens (tertiary/aromatic N) is 2. The van der Waals surface area contributed by atoms with Gasteiger partial charge in [0.05, 0.1) is 33.5 Å². The molecule has 0 unspecified atom stereocenters. The van der Waals surface area contributed by atoms with E-state index in [1.165, 1.54) is 12.3 Å². The Labute approximate surface area is 184 Å². The van der Waals surface area contributed by atoms with Gasteiger partial charge in [-0.25, -0.2) is 4.68 Å².